The molecular weight excluding hydrogens is 417 g/mol. The molecule has 0 bridgehead atoms. The third kappa shape index (κ3) is 3.57. The van der Waals surface area contributed by atoms with Crippen molar-refractivity contribution in [2.75, 3.05) is 35.3 Å². The number of fused-ring (bicyclic) bond motifs is 1. The van der Waals surface area contributed by atoms with E-state index in [0.717, 1.165) is 29.8 Å². The molecule has 3 aromatic rings. The van der Waals surface area contributed by atoms with E-state index in [0.29, 0.717) is 29.1 Å². The van der Waals surface area contributed by atoms with Crippen LogP contribution in [0.25, 0.3) is 5.57 Å². The van der Waals surface area contributed by atoms with Gasteiger partial charge in [0.25, 0.3) is 11.8 Å². The van der Waals surface area contributed by atoms with E-state index in [2.05, 4.69) is 6.07 Å². The Labute approximate surface area is 192 Å². The maximum Gasteiger partial charge on any atom is 0.282 e. The van der Waals surface area contributed by atoms with E-state index in [9.17, 15) is 14.0 Å². The zero-order chi connectivity index (χ0) is 23.1. The van der Waals surface area contributed by atoms with Crippen molar-refractivity contribution in [1.82, 2.24) is 0 Å². The normalized spacial score (nSPS) is 15.8. The molecule has 2 amide bonds. The molecule has 0 N–H and O–H groups in total. The Bertz CT molecular complexity index is 1280. The summed E-state index contributed by atoms with van der Waals surface area (Å²) < 4.78 is 13.7. The molecule has 5 rings (SSSR count). The van der Waals surface area contributed by atoms with Gasteiger partial charge in [0.05, 0.1) is 11.3 Å². The topological polar surface area (TPSA) is 43.9 Å². The molecule has 0 saturated carbocycles. The van der Waals surface area contributed by atoms with Crippen LogP contribution in [0.5, 0.6) is 0 Å². The van der Waals surface area contributed by atoms with E-state index in [1.54, 1.807) is 18.2 Å². The van der Waals surface area contributed by atoms with E-state index < -0.39 is 11.7 Å². The molecule has 0 aliphatic carbocycles. The largest absolute Gasteiger partial charge is 0.378 e. The Balaban J connectivity index is 1.68. The maximum atomic E-state index is 13.9. The number of halogens is 1. The fraction of sp³-hybridized carbons (Fsp3) is 0.185. The van der Waals surface area contributed by atoms with E-state index in [1.165, 1.54) is 17.0 Å². The summed E-state index contributed by atoms with van der Waals surface area (Å²) in [6.45, 7) is 0.627. The summed E-state index contributed by atoms with van der Waals surface area (Å²) in [6, 6.07) is 21.1. The van der Waals surface area contributed by atoms with Crippen LogP contribution in [0.15, 0.2) is 78.5 Å². The quantitative estimate of drug-likeness (QED) is 0.554. The average Bonchev–Trinajstić information content (AvgIpc) is 3.09. The van der Waals surface area contributed by atoms with Gasteiger partial charge in [-0.3, -0.25) is 9.59 Å². The first kappa shape index (κ1) is 20.9. The number of nitrogens with zero attached hydrogens (tertiary/aromatic N) is 3. The van der Waals surface area contributed by atoms with Crippen molar-refractivity contribution in [2.45, 2.75) is 12.8 Å². The van der Waals surface area contributed by atoms with Gasteiger partial charge >= 0.3 is 0 Å². The first-order valence-corrected chi connectivity index (χ1v) is 11.0. The summed E-state index contributed by atoms with van der Waals surface area (Å²) in [6.07, 6.45) is 1.79. The summed E-state index contributed by atoms with van der Waals surface area (Å²) in [4.78, 5) is 32.7. The Morgan fingerprint density at radius 2 is 1.64 bits per heavy atom. The molecular formula is C27H24FN3O2. The van der Waals surface area contributed by atoms with Gasteiger partial charge in [-0.15, -0.1) is 0 Å². The fourth-order valence-corrected chi connectivity index (χ4v) is 4.56. The van der Waals surface area contributed by atoms with E-state index in [1.807, 2.05) is 60.3 Å². The molecule has 0 fully saturated rings. The standard InChI is InChI=1S/C27H24FN3O2/c1-29(2)21-9-5-10-22(17-21)31-26(32)24(19-12-14-20(28)15-13-19)25(27(31)33)30-16-6-8-18-7-3-4-11-23(18)30/h3-5,7,9-15,17H,6,8,16H2,1-2H3. The number of para-hydroxylation sites is 1. The second-order valence-electron chi connectivity index (χ2n) is 8.47. The Kier molecular flexibility index (Phi) is 5.21. The first-order valence-electron chi connectivity index (χ1n) is 11.0. The molecule has 2 aliphatic heterocycles. The number of aryl methyl sites for hydroxylation is 1. The van der Waals surface area contributed by atoms with Crippen molar-refractivity contribution in [3.8, 4) is 0 Å². The molecule has 0 unspecified atom stereocenters. The van der Waals surface area contributed by atoms with Crippen LogP contribution in [0.2, 0.25) is 0 Å². The van der Waals surface area contributed by atoms with Crippen molar-refractivity contribution < 1.29 is 14.0 Å². The van der Waals surface area contributed by atoms with Crippen molar-refractivity contribution in [3.63, 3.8) is 0 Å². The predicted octanol–water partition coefficient (Wildman–Crippen LogP) is 4.63. The molecule has 3 aromatic carbocycles. The minimum Gasteiger partial charge on any atom is -0.378 e. The van der Waals surface area contributed by atoms with E-state index >= 15 is 0 Å². The number of rotatable bonds is 4. The lowest BCUT2D eigenvalue weighted by molar-refractivity contribution is -0.120. The van der Waals surface area contributed by atoms with Crippen molar-refractivity contribution in [2.24, 2.45) is 0 Å². The van der Waals surface area contributed by atoms with Gasteiger partial charge in [-0.25, -0.2) is 9.29 Å². The minimum absolute atomic E-state index is 0.298. The van der Waals surface area contributed by atoms with Crippen LogP contribution >= 0.6 is 0 Å². The van der Waals surface area contributed by atoms with Crippen LogP contribution in [-0.4, -0.2) is 32.5 Å². The van der Waals surface area contributed by atoms with Crippen LogP contribution in [0.3, 0.4) is 0 Å². The van der Waals surface area contributed by atoms with Gasteiger partial charge in [-0.2, -0.15) is 0 Å². The lowest BCUT2D eigenvalue weighted by Gasteiger charge is -2.32. The third-order valence-electron chi connectivity index (χ3n) is 6.18. The molecule has 166 valence electrons. The van der Waals surface area contributed by atoms with Gasteiger partial charge in [-0.1, -0.05) is 36.4 Å². The van der Waals surface area contributed by atoms with Crippen molar-refractivity contribution in [3.05, 3.63) is 95.4 Å². The predicted molar refractivity (Wildman–Crippen MR) is 129 cm³/mol. The number of amides is 2. The number of imide groups is 1. The number of carbonyl (C=O) groups excluding carboxylic acids is 2. The highest BCUT2D eigenvalue weighted by atomic mass is 19.1. The van der Waals surface area contributed by atoms with Crippen molar-refractivity contribution >= 4 is 34.4 Å². The number of carbonyl (C=O) groups is 2. The summed E-state index contributed by atoms with van der Waals surface area (Å²) >= 11 is 0. The zero-order valence-electron chi connectivity index (χ0n) is 18.6. The summed E-state index contributed by atoms with van der Waals surface area (Å²) in [5.41, 5.74) is 4.63. The van der Waals surface area contributed by atoms with Gasteiger partial charge in [0.2, 0.25) is 0 Å². The smallest absolute Gasteiger partial charge is 0.282 e. The summed E-state index contributed by atoms with van der Waals surface area (Å²) in [5, 5.41) is 0. The van der Waals surface area contributed by atoms with Gasteiger partial charge in [0.1, 0.15) is 11.5 Å². The number of benzene rings is 3. The molecule has 5 nitrogen and oxygen atoms in total. The molecule has 6 heteroatoms. The fourth-order valence-electron chi connectivity index (χ4n) is 4.56. The highest BCUT2D eigenvalue weighted by molar-refractivity contribution is 6.46. The number of hydrogen-bond donors (Lipinski definition) is 0. The van der Waals surface area contributed by atoms with Crippen LogP contribution in [-0.2, 0) is 16.0 Å². The van der Waals surface area contributed by atoms with E-state index in [4.69, 9.17) is 0 Å². The van der Waals surface area contributed by atoms with Crippen molar-refractivity contribution in [1.29, 1.82) is 0 Å². The highest BCUT2D eigenvalue weighted by Crippen LogP contribution is 2.40. The highest BCUT2D eigenvalue weighted by Gasteiger charge is 2.43. The van der Waals surface area contributed by atoms with Crippen LogP contribution in [0.1, 0.15) is 17.5 Å². The summed E-state index contributed by atoms with van der Waals surface area (Å²) in [5.74, 6) is -1.16. The Hall–Kier alpha value is -3.93. The second kappa shape index (κ2) is 8.20. The Morgan fingerprint density at radius 1 is 0.879 bits per heavy atom. The summed E-state index contributed by atoms with van der Waals surface area (Å²) in [7, 11) is 3.82. The molecule has 0 aromatic heterocycles. The second-order valence-corrected chi connectivity index (χ2v) is 8.47. The SMILES string of the molecule is CN(C)c1cccc(N2C(=O)C(c3ccc(F)cc3)=C(N3CCCc4ccccc43)C2=O)c1. The molecule has 0 saturated heterocycles. The lowest BCUT2D eigenvalue weighted by atomic mass is 9.98. The molecule has 33 heavy (non-hydrogen) atoms. The van der Waals surface area contributed by atoms with Crippen LogP contribution in [0.4, 0.5) is 21.5 Å². The monoisotopic (exact) mass is 441 g/mol. The van der Waals surface area contributed by atoms with Gasteiger partial charge < -0.3 is 9.80 Å². The van der Waals surface area contributed by atoms with E-state index in [-0.39, 0.29) is 5.91 Å². The first-order chi connectivity index (χ1) is 16.0. The molecule has 0 atom stereocenters. The average molecular weight is 442 g/mol. The van der Waals surface area contributed by atoms with Gasteiger partial charge in [0.15, 0.2) is 0 Å². The lowest BCUT2D eigenvalue weighted by Crippen LogP contribution is -2.37. The number of anilines is 3. The Morgan fingerprint density at radius 3 is 2.39 bits per heavy atom. The van der Waals surface area contributed by atoms with Gasteiger partial charge in [0, 0.05) is 32.0 Å². The van der Waals surface area contributed by atoms with Gasteiger partial charge in [-0.05, 0) is 60.4 Å². The third-order valence-corrected chi connectivity index (χ3v) is 6.18. The zero-order valence-corrected chi connectivity index (χ0v) is 18.6. The maximum absolute atomic E-state index is 13.9. The molecule has 2 heterocycles. The molecule has 0 spiro atoms. The van der Waals surface area contributed by atoms with Crippen LogP contribution in [0, 0.1) is 5.82 Å². The number of hydrogen-bond acceptors (Lipinski definition) is 4. The molecule has 0 radical (unpaired) electrons. The van der Waals surface area contributed by atoms with Crippen LogP contribution < -0.4 is 14.7 Å². The molecule has 2 aliphatic rings. The minimum atomic E-state index is -0.402.